The molecule has 0 aromatic carbocycles. The summed E-state index contributed by atoms with van der Waals surface area (Å²) in [4.78, 5) is 2.35. The van der Waals surface area contributed by atoms with Gasteiger partial charge in [-0.15, -0.1) is 0 Å². The first-order valence-corrected chi connectivity index (χ1v) is 5.96. The van der Waals surface area contributed by atoms with Crippen molar-refractivity contribution in [3.05, 3.63) is 34.3 Å². The fourth-order valence-corrected chi connectivity index (χ4v) is 1.91. The highest BCUT2D eigenvalue weighted by Crippen LogP contribution is 2.12. The Morgan fingerprint density at radius 2 is 2.06 bits per heavy atom. The molecule has 1 aromatic rings. The van der Waals surface area contributed by atoms with Crippen molar-refractivity contribution in [3.8, 4) is 6.07 Å². The van der Waals surface area contributed by atoms with Crippen molar-refractivity contribution in [1.29, 1.82) is 5.26 Å². The lowest BCUT2D eigenvalue weighted by molar-refractivity contribution is -0.603. The fourth-order valence-electron chi connectivity index (χ4n) is 1.80. The van der Waals surface area contributed by atoms with Gasteiger partial charge in [-0.25, -0.2) is 0 Å². The molecule has 0 amide bonds. The van der Waals surface area contributed by atoms with E-state index >= 15 is 0 Å². The molecule has 1 saturated heterocycles. The van der Waals surface area contributed by atoms with Gasteiger partial charge in [0, 0.05) is 25.1 Å². The van der Waals surface area contributed by atoms with E-state index in [1.807, 2.05) is 6.07 Å². The Hall–Kier alpha value is -1.31. The van der Waals surface area contributed by atoms with Crippen LogP contribution in [-0.2, 0) is 6.54 Å². The average Bonchev–Trinajstić information content (AvgIpc) is 2.77. The smallest absolute Gasteiger partial charge is 0.286 e. The molecule has 0 N–H and O–H groups in total. The summed E-state index contributed by atoms with van der Waals surface area (Å²) in [5.41, 5.74) is 1.03. The summed E-state index contributed by atoms with van der Waals surface area (Å²) in [5, 5.41) is 18.7. The minimum atomic E-state index is 0.232. The molecule has 1 aliphatic rings. The van der Waals surface area contributed by atoms with Gasteiger partial charge in [0.2, 0.25) is 0 Å². The van der Waals surface area contributed by atoms with Crippen molar-refractivity contribution < 1.29 is 4.73 Å². The van der Waals surface area contributed by atoms with Crippen LogP contribution in [0.15, 0.2) is 18.3 Å². The van der Waals surface area contributed by atoms with Crippen molar-refractivity contribution in [2.45, 2.75) is 26.3 Å². The first kappa shape index (κ1) is 13.8. The summed E-state index contributed by atoms with van der Waals surface area (Å²) in [5.74, 6) is 0. The van der Waals surface area contributed by atoms with Crippen LogP contribution in [0.5, 0.6) is 0 Å². The highest BCUT2D eigenvalue weighted by atomic mass is 35.5. The summed E-state index contributed by atoms with van der Waals surface area (Å²) in [6, 6.07) is 5.31. The molecule has 92 valence electrons. The van der Waals surface area contributed by atoms with Gasteiger partial charge in [-0.05, 0) is 43.6 Å². The van der Waals surface area contributed by atoms with Crippen molar-refractivity contribution in [3.63, 3.8) is 0 Å². The van der Waals surface area contributed by atoms with E-state index in [0.29, 0.717) is 4.73 Å². The number of hydrogen-bond donors (Lipinski definition) is 0. The molecule has 1 fully saturated rings. The standard InChI is InChI=1S/C10H13ClN2O.C2H3N/c11-10-4-3-9(8-13(10)14)7-12-5-1-2-6-12;1-2-3/h3-4,8H,1-2,5-7H2;1H3. The van der Waals surface area contributed by atoms with Gasteiger partial charge in [0.25, 0.3) is 5.15 Å². The van der Waals surface area contributed by atoms with Crippen LogP contribution >= 0.6 is 11.6 Å². The van der Waals surface area contributed by atoms with Crippen LogP contribution in [-0.4, -0.2) is 18.0 Å². The Labute approximate surface area is 107 Å². The van der Waals surface area contributed by atoms with E-state index in [4.69, 9.17) is 16.9 Å². The van der Waals surface area contributed by atoms with Gasteiger partial charge in [-0.2, -0.15) is 9.99 Å². The molecule has 2 rings (SSSR count). The van der Waals surface area contributed by atoms with Crippen LogP contribution < -0.4 is 4.73 Å². The Bertz CT molecular complexity index is 397. The third-order valence-electron chi connectivity index (χ3n) is 2.53. The molecule has 0 atom stereocenters. The van der Waals surface area contributed by atoms with Crippen LogP contribution in [0.4, 0.5) is 0 Å². The van der Waals surface area contributed by atoms with E-state index in [1.54, 1.807) is 18.3 Å². The van der Waals surface area contributed by atoms with Crippen molar-refractivity contribution in [2.24, 2.45) is 0 Å². The van der Waals surface area contributed by atoms with E-state index in [9.17, 15) is 5.21 Å². The molecule has 5 heteroatoms. The molecule has 1 aliphatic heterocycles. The quantitative estimate of drug-likeness (QED) is 0.461. The normalized spacial score (nSPS) is 14.9. The van der Waals surface area contributed by atoms with Crippen molar-refractivity contribution >= 4 is 11.6 Å². The van der Waals surface area contributed by atoms with Crippen LogP contribution in [0.3, 0.4) is 0 Å². The number of halogens is 1. The molecule has 4 nitrogen and oxygen atoms in total. The molecule has 1 aromatic heterocycles. The Balaban J connectivity index is 0.000000437. The zero-order valence-corrected chi connectivity index (χ0v) is 10.7. The van der Waals surface area contributed by atoms with Crippen LogP contribution in [0.25, 0.3) is 0 Å². The number of aromatic nitrogens is 1. The van der Waals surface area contributed by atoms with Crippen molar-refractivity contribution in [1.82, 2.24) is 4.90 Å². The Kier molecular flexibility index (Phi) is 5.75. The summed E-state index contributed by atoms with van der Waals surface area (Å²) in [7, 11) is 0. The number of hydrogen-bond acceptors (Lipinski definition) is 3. The first-order valence-electron chi connectivity index (χ1n) is 5.58. The summed E-state index contributed by atoms with van der Waals surface area (Å²) < 4.78 is 0.715. The third-order valence-corrected chi connectivity index (χ3v) is 2.83. The molecular formula is C12H16ClN3O. The lowest BCUT2D eigenvalue weighted by Crippen LogP contribution is -2.29. The van der Waals surface area contributed by atoms with E-state index in [2.05, 4.69) is 4.90 Å². The molecule has 0 radical (unpaired) electrons. The highest BCUT2D eigenvalue weighted by molar-refractivity contribution is 6.28. The zero-order chi connectivity index (χ0) is 12.7. The lowest BCUT2D eigenvalue weighted by Gasteiger charge is -2.13. The van der Waals surface area contributed by atoms with Gasteiger partial charge >= 0.3 is 0 Å². The maximum atomic E-state index is 11.2. The maximum Gasteiger partial charge on any atom is 0.286 e. The van der Waals surface area contributed by atoms with Gasteiger partial charge in [-0.3, -0.25) is 4.90 Å². The number of nitriles is 1. The first-order chi connectivity index (χ1) is 8.17. The maximum absolute atomic E-state index is 11.2. The summed E-state index contributed by atoms with van der Waals surface area (Å²) >= 11 is 5.63. The SMILES string of the molecule is CC#N.[O-][n+]1cc(CN2CCCC2)ccc1Cl. The Morgan fingerprint density at radius 1 is 1.47 bits per heavy atom. The number of rotatable bonds is 2. The molecular weight excluding hydrogens is 238 g/mol. The van der Waals surface area contributed by atoms with Gasteiger partial charge in [0.1, 0.15) is 0 Å². The lowest BCUT2D eigenvalue weighted by atomic mass is 10.3. The predicted molar refractivity (Wildman–Crippen MR) is 66.2 cm³/mol. The molecule has 2 heterocycles. The zero-order valence-electron chi connectivity index (χ0n) is 9.90. The minimum Gasteiger partial charge on any atom is -0.618 e. The second-order valence-electron chi connectivity index (χ2n) is 3.89. The molecule has 0 spiro atoms. The van der Waals surface area contributed by atoms with Gasteiger partial charge in [0.05, 0.1) is 6.07 Å². The second-order valence-corrected chi connectivity index (χ2v) is 4.28. The molecule has 17 heavy (non-hydrogen) atoms. The van der Waals surface area contributed by atoms with E-state index in [1.165, 1.54) is 19.8 Å². The van der Waals surface area contributed by atoms with Gasteiger partial charge in [-0.1, -0.05) is 0 Å². The van der Waals surface area contributed by atoms with E-state index < -0.39 is 0 Å². The van der Waals surface area contributed by atoms with Crippen molar-refractivity contribution in [2.75, 3.05) is 13.1 Å². The van der Waals surface area contributed by atoms with E-state index in [-0.39, 0.29) is 5.15 Å². The molecule has 0 unspecified atom stereocenters. The molecule has 0 saturated carbocycles. The summed E-state index contributed by atoms with van der Waals surface area (Å²) in [6.07, 6.45) is 4.09. The van der Waals surface area contributed by atoms with Crippen LogP contribution in [0, 0.1) is 16.5 Å². The number of likely N-dealkylation sites (tertiary alicyclic amines) is 1. The third kappa shape index (κ3) is 4.59. The Morgan fingerprint density at radius 3 is 2.59 bits per heavy atom. The predicted octanol–water partition coefficient (Wildman–Crippen LogP) is 2.10. The topological polar surface area (TPSA) is 54.0 Å². The van der Waals surface area contributed by atoms with Gasteiger partial charge in [0.15, 0.2) is 6.20 Å². The van der Waals surface area contributed by atoms with Crippen LogP contribution in [0.2, 0.25) is 5.15 Å². The molecule has 0 aliphatic carbocycles. The number of nitrogens with zero attached hydrogens (tertiary/aromatic N) is 3. The molecule has 0 bridgehead atoms. The van der Waals surface area contributed by atoms with Crippen LogP contribution in [0.1, 0.15) is 25.3 Å². The average molecular weight is 254 g/mol. The largest absolute Gasteiger partial charge is 0.618 e. The number of pyridine rings is 1. The minimum absolute atomic E-state index is 0.232. The van der Waals surface area contributed by atoms with E-state index in [0.717, 1.165) is 25.2 Å². The van der Waals surface area contributed by atoms with Gasteiger partial charge < -0.3 is 5.21 Å². The summed E-state index contributed by atoms with van der Waals surface area (Å²) in [6.45, 7) is 4.57. The highest BCUT2D eigenvalue weighted by Gasteiger charge is 2.13. The fraction of sp³-hybridized carbons (Fsp3) is 0.500. The second kappa shape index (κ2) is 7.10. The monoisotopic (exact) mass is 253 g/mol.